The molecule has 0 fully saturated rings. The largest absolute Gasteiger partial charge is 0.278 e. The van der Waals surface area contributed by atoms with E-state index < -0.39 is 0 Å². The van der Waals surface area contributed by atoms with Crippen LogP contribution in [-0.2, 0) is 0 Å². The third kappa shape index (κ3) is 3.52. The Bertz CT molecular complexity index is 2470. The molecule has 6 aromatic carbocycles. The van der Waals surface area contributed by atoms with Crippen LogP contribution >= 0.6 is 11.3 Å². The molecule has 0 saturated heterocycles. The van der Waals surface area contributed by atoms with Crippen LogP contribution in [0.15, 0.2) is 140 Å². The topological polar surface area (TPSA) is 30.7 Å². The monoisotopic (exact) mass is 553 g/mol. The van der Waals surface area contributed by atoms with Gasteiger partial charge >= 0.3 is 0 Å². The Labute approximate surface area is 246 Å². The Hall–Kier alpha value is -5.32. The molecule has 0 atom stereocenters. The summed E-state index contributed by atoms with van der Waals surface area (Å²) in [6, 6.07) is 49.5. The lowest BCUT2D eigenvalue weighted by Gasteiger charge is -2.12. The summed E-state index contributed by atoms with van der Waals surface area (Å²) in [6.45, 7) is 0. The molecule has 9 rings (SSSR count). The maximum absolute atomic E-state index is 5.20. The second kappa shape index (κ2) is 9.10. The highest BCUT2D eigenvalue weighted by Crippen LogP contribution is 2.39. The molecule has 0 amide bonds. The Balaban J connectivity index is 1.27. The molecule has 42 heavy (non-hydrogen) atoms. The van der Waals surface area contributed by atoms with Gasteiger partial charge in [0, 0.05) is 41.9 Å². The van der Waals surface area contributed by atoms with E-state index in [2.05, 4.69) is 132 Å². The summed E-state index contributed by atoms with van der Waals surface area (Å²) in [5.41, 5.74) is 7.57. The molecule has 0 bridgehead atoms. The zero-order valence-corrected chi connectivity index (χ0v) is 23.3. The van der Waals surface area contributed by atoms with E-state index in [1.807, 2.05) is 23.5 Å². The van der Waals surface area contributed by atoms with E-state index in [4.69, 9.17) is 9.97 Å². The fourth-order valence-corrected chi connectivity index (χ4v) is 7.40. The van der Waals surface area contributed by atoms with Crippen LogP contribution in [-0.4, -0.2) is 14.5 Å². The number of para-hydroxylation sites is 2. The number of hydrogen-bond acceptors (Lipinski definition) is 3. The quantitative estimate of drug-likeness (QED) is 0.218. The molecule has 3 aromatic heterocycles. The van der Waals surface area contributed by atoms with Crippen molar-refractivity contribution in [2.24, 2.45) is 0 Å². The number of nitrogens with zero attached hydrogens (tertiary/aromatic N) is 3. The number of fused-ring (bicyclic) bond motifs is 7. The van der Waals surface area contributed by atoms with E-state index in [9.17, 15) is 0 Å². The highest BCUT2D eigenvalue weighted by molar-refractivity contribution is 7.25. The number of hydrogen-bond donors (Lipinski definition) is 0. The average Bonchev–Trinajstić information content (AvgIpc) is 3.59. The van der Waals surface area contributed by atoms with Crippen LogP contribution in [0, 0.1) is 0 Å². The van der Waals surface area contributed by atoms with Crippen LogP contribution in [0.5, 0.6) is 0 Å². The Morgan fingerprint density at radius 1 is 0.429 bits per heavy atom. The molecule has 4 heteroatoms. The number of rotatable bonds is 3. The summed E-state index contributed by atoms with van der Waals surface area (Å²) < 4.78 is 4.85. The SMILES string of the molecule is c1ccc(-c2nc(-n3c4ccccc4c4cc(-c5ccc6c(c5)sc5ccccc56)ccc43)nc3ccccc23)cc1. The third-order valence-electron chi connectivity index (χ3n) is 8.22. The molecule has 3 heterocycles. The first-order valence-corrected chi connectivity index (χ1v) is 14.9. The van der Waals surface area contributed by atoms with Crippen molar-refractivity contribution in [3.05, 3.63) is 140 Å². The Morgan fingerprint density at radius 3 is 2.00 bits per heavy atom. The fraction of sp³-hybridized carbons (Fsp3) is 0. The Kier molecular flexibility index (Phi) is 5.07. The first-order valence-electron chi connectivity index (χ1n) is 14.1. The van der Waals surface area contributed by atoms with Crippen LogP contribution < -0.4 is 0 Å². The molecule has 0 unspecified atom stereocenters. The smallest absolute Gasteiger partial charge is 0.235 e. The predicted molar refractivity (Wildman–Crippen MR) is 178 cm³/mol. The van der Waals surface area contributed by atoms with Gasteiger partial charge in [0.1, 0.15) is 0 Å². The number of thiophene rings is 1. The van der Waals surface area contributed by atoms with Gasteiger partial charge in [0.15, 0.2) is 0 Å². The second-order valence-corrected chi connectivity index (χ2v) is 11.7. The van der Waals surface area contributed by atoms with E-state index in [-0.39, 0.29) is 0 Å². The minimum atomic E-state index is 0.679. The van der Waals surface area contributed by atoms with Crippen molar-refractivity contribution >= 4 is 64.2 Å². The van der Waals surface area contributed by atoms with Crippen LogP contribution in [0.25, 0.3) is 81.2 Å². The maximum Gasteiger partial charge on any atom is 0.235 e. The minimum Gasteiger partial charge on any atom is -0.278 e. The zero-order valence-electron chi connectivity index (χ0n) is 22.5. The molecule has 9 aromatic rings. The van der Waals surface area contributed by atoms with E-state index >= 15 is 0 Å². The molecule has 0 radical (unpaired) electrons. The normalized spacial score (nSPS) is 11.8. The standard InChI is InChI=1S/C38H23N3S/c1-2-10-24(11-3-1)37-30-14-4-7-15-32(30)39-38(40-37)41-33-16-8-5-12-27(33)31-22-25(19-21-34(31)41)26-18-20-29-28-13-6-9-17-35(28)42-36(29)23-26/h1-23H. The van der Waals surface area contributed by atoms with E-state index in [0.29, 0.717) is 5.95 Å². The highest BCUT2D eigenvalue weighted by atomic mass is 32.1. The van der Waals surface area contributed by atoms with Crippen LogP contribution in [0.4, 0.5) is 0 Å². The van der Waals surface area contributed by atoms with Crippen molar-refractivity contribution in [1.82, 2.24) is 14.5 Å². The van der Waals surface area contributed by atoms with E-state index in [1.165, 1.54) is 42.1 Å². The highest BCUT2D eigenvalue weighted by Gasteiger charge is 2.18. The van der Waals surface area contributed by atoms with Gasteiger partial charge in [0.2, 0.25) is 5.95 Å². The molecular formula is C38H23N3S. The summed E-state index contributed by atoms with van der Waals surface area (Å²) in [6.07, 6.45) is 0. The van der Waals surface area contributed by atoms with Gasteiger partial charge in [-0.15, -0.1) is 11.3 Å². The van der Waals surface area contributed by atoms with Gasteiger partial charge in [0.25, 0.3) is 0 Å². The third-order valence-corrected chi connectivity index (χ3v) is 9.36. The molecule has 0 aliphatic rings. The molecule has 196 valence electrons. The van der Waals surface area contributed by atoms with Crippen molar-refractivity contribution in [3.63, 3.8) is 0 Å². The van der Waals surface area contributed by atoms with Crippen molar-refractivity contribution in [2.75, 3.05) is 0 Å². The minimum absolute atomic E-state index is 0.679. The van der Waals surface area contributed by atoms with Gasteiger partial charge in [-0.1, -0.05) is 103 Å². The molecule has 0 N–H and O–H groups in total. The summed E-state index contributed by atoms with van der Waals surface area (Å²) >= 11 is 1.86. The average molecular weight is 554 g/mol. The molecule has 3 nitrogen and oxygen atoms in total. The van der Waals surface area contributed by atoms with Crippen LogP contribution in [0.3, 0.4) is 0 Å². The predicted octanol–water partition coefficient (Wildman–Crippen LogP) is 10.4. The van der Waals surface area contributed by atoms with Gasteiger partial charge in [-0.2, -0.15) is 0 Å². The lowest BCUT2D eigenvalue weighted by atomic mass is 10.0. The zero-order chi connectivity index (χ0) is 27.6. The summed E-state index contributed by atoms with van der Waals surface area (Å²) in [4.78, 5) is 10.3. The molecule has 0 spiro atoms. The van der Waals surface area contributed by atoms with Crippen molar-refractivity contribution in [2.45, 2.75) is 0 Å². The summed E-state index contributed by atoms with van der Waals surface area (Å²) in [5, 5.41) is 6.08. The molecule has 0 aliphatic carbocycles. The number of benzene rings is 6. The van der Waals surface area contributed by atoms with Gasteiger partial charge in [-0.25, -0.2) is 9.97 Å². The van der Waals surface area contributed by atoms with Gasteiger partial charge in [0.05, 0.1) is 22.2 Å². The van der Waals surface area contributed by atoms with Gasteiger partial charge in [-0.05, 0) is 47.5 Å². The van der Waals surface area contributed by atoms with E-state index in [0.717, 1.165) is 33.2 Å². The van der Waals surface area contributed by atoms with Crippen molar-refractivity contribution in [3.8, 4) is 28.3 Å². The Morgan fingerprint density at radius 2 is 1.10 bits per heavy atom. The first kappa shape index (κ1) is 23.4. The van der Waals surface area contributed by atoms with Gasteiger partial charge in [-0.3, -0.25) is 4.57 Å². The molecule has 0 saturated carbocycles. The van der Waals surface area contributed by atoms with Crippen molar-refractivity contribution < 1.29 is 0 Å². The fourth-order valence-electron chi connectivity index (χ4n) is 6.25. The first-order chi connectivity index (χ1) is 20.8. The summed E-state index contributed by atoms with van der Waals surface area (Å²) in [5.74, 6) is 0.679. The molecule has 0 aliphatic heterocycles. The van der Waals surface area contributed by atoms with Crippen LogP contribution in [0.2, 0.25) is 0 Å². The lowest BCUT2D eigenvalue weighted by molar-refractivity contribution is 1.01. The van der Waals surface area contributed by atoms with Gasteiger partial charge < -0.3 is 0 Å². The maximum atomic E-state index is 5.20. The summed E-state index contributed by atoms with van der Waals surface area (Å²) in [7, 11) is 0. The lowest BCUT2D eigenvalue weighted by Crippen LogP contribution is -2.03. The second-order valence-electron chi connectivity index (χ2n) is 10.6. The number of aromatic nitrogens is 3. The van der Waals surface area contributed by atoms with E-state index in [1.54, 1.807) is 0 Å². The van der Waals surface area contributed by atoms with Crippen molar-refractivity contribution in [1.29, 1.82) is 0 Å². The van der Waals surface area contributed by atoms with Crippen LogP contribution in [0.1, 0.15) is 0 Å². The molecular weight excluding hydrogens is 531 g/mol.